The first-order chi connectivity index (χ1) is 12.5. The van der Waals surface area contributed by atoms with E-state index in [2.05, 4.69) is 9.51 Å². The fourth-order valence-corrected chi connectivity index (χ4v) is 3.46. The summed E-state index contributed by atoms with van der Waals surface area (Å²) in [5.74, 6) is -1.60. The molecule has 0 spiro atoms. The highest BCUT2D eigenvalue weighted by Gasteiger charge is 2.56. The second-order valence-corrected chi connectivity index (χ2v) is 7.76. The van der Waals surface area contributed by atoms with Crippen LogP contribution in [0.2, 0.25) is 0 Å². The normalized spacial score (nSPS) is 29.7. The highest BCUT2D eigenvalue weighted by Crippen LogP contribution is 2.45. The molecular formula is C14H22N3O9P. The molecule has 1 aromatic heterocycles. The largest absolute Gasteiger partial charge is 0.469 e. The van der Waals surface area contributed by atoms with Crippen molar-refractivity contribution < 1.29 is 42.6 Å². The molecule has 2 aliphatic rings. The van der Waals surface area contributed by atoms with Gasteiger partial charge in [-0.1, -0.05) is 0 Å². The van der Waals surface area contributed by atoms with Crippen LogP contribution in [0.15, 0.2) is 6.33 Å². The Hall–Kier alpha value is -1.53. The van der Waals surface area contributed by atoms with Crippen molar-refractivity contribution in [2.24, 2.45) is 0 Å². The third-order valence-corrected chi connectivity index (χ3v) is 4.59. The van der Waals surface area contributed by atoms with Gasteiger partial charge in [-0.05, 0) is 20.8 Å². The minimum absolute atomic E-state index is 0.0158. The van der Waals surface area contributed by atoms with Gasteiger partial charge >= 0.3 is 13.8 Å². The third kappa shape index (κ3) is 4.16. The molecule has 13 heteroatoms. The van der Waals surface area contributed by atoms with Crippen LogP contribution in [0, 0.1) is 0 Å². The summed E-state index contributed by atoms with van der Waals surface area (Å²) < 4.78 is 39.3. The zero-order valence-corrected chi connectivity index (χ0v) is 15.9. The van der Waals surface area contributed by atoms with Gasteiger partial charge in [0.25, 0.3) is 0 Å². The number of nitrogens with zero attached hydrogens (tertiary/aromatic N) is 2. The minimum atomic E-state index is -4.69. The average molecular weight is 407 g/mol. The molecule has 2 saturated heterocycles. The monoisotopic (exact) mass is 407 g/mol. The van der Waals surface area contributed by atoms with Crippen molar-refractivity contribution in [3.63, 3.8) is 0 Å². The van der Waals surface area contributed by atoms with Crippen molar-refractivity contribution in [3.05, 3.63) is 12.0 Å². The van der Waals surface area contributed by atoms with Crippen molar-refractivity contribution in [2.45, 2.75) is 51.1 Å². The van der Waals surface area contributed by atoms with Crippen LogP contribution in [0.3, 0.4) is 0 Å². The van der Waals surface area contributed by atoms with Gasteiger partial charge in [-0.2, -0.15) is 0 Å². The van der Waals surface area contributed by atoms with Crippen LogP contribution in [0.25, 0.3) is 0 Å². The fraction of sp³-hybridized carbons (Fsp3) is 0.714. The van der Waals surface area contributed by atoms with Gasteiger partial charge in [-0.3, -0.25) is 9.09 Å². The molecule has 4 atom stereocenters. The van der Waals surface area contributed by atoms with E-state index in [1.54, 1.807) is 20.8 Å². The Labute approximate surface area is 154 Å². The van der Waals surface area contributed by atoms with Gasteiger partial charge in [-0.25, -0.2) is 14.3 Å². The highest BCUT2D eigenvalue weighted by atomic mass is 31.2. The number of esters is 1. The van der Waals surface area contributed by atoms with Gasteiger partial charge in [0.2, 0.25) is 0 Å². The van der Waals surface area contributed by atoms with E-state index in [9.17, 15) is 9.36 Å². The van der Waals surface area contributed by atoms with E-state index in [-0.39, 0.29) is 18.1 Å². The molecule has 0 aliphatic carbocycles. The molecule has 152 valence electrons. The predicted molar refractivity (Wildman–Crippen MR) is 88.3 cm³/mol. The van der Waals surface area contributed by atoms with Crippen LogP contribution < -0.4 is 5.73 Å². The molecule has 3 heterocycles. The minimum Gasteiger partial charge on any atom is -0.461 e. The average Bonchev–Trinajstić information content (AvgIpc) is 3.16. The number of phosphoric ester groups is 1. The van der Waals surface area contributed by atoms with Gasteiger partial charge in [0, 0.05) is 0 Å². The smallest absolute Gasteiger partial charge is 0.461 e. The van der Waals surface area contributed by atoms with Crippen LogP contribution >= 0.6 is 7.82 Å². The Kier molecular flexibility index (Phi) is 5.34. The number of fused-ring (bicyclic) bond motifs is 1. The molecule has 0 bridgehead atoms. The molecular weight excluding hydrogens is 385 g/mol. The van der Waals surface area contributed by atoms with Crippen molar-refractivity contribution in [2.75, 3.05) is 18.9 Å². The lowest BCUT2D eigenvalue weighted by Crippen LogP contribution is -2.32. The molecule has 2 unspecified atom stereocenters. The summed E-state index contributed by atoms with van der Waals surface area (Å²) in [5.41, 5.74) is 5.96. The molecule has 3 rings (SSSR count). The summed E-state index contributed by atoms with van der Waals surface area (Å²) >= 11 is 0. The topological polar surface area (TPSA) is 165 Å². The first kappa shape index (κ1) is 20.2. The summed E-state index contributed by atoms with van der Waals surface area (Å²) in [6.45, 7) is 4.81. The molecule has 4 N–H and O–H groups in total. The number of nitrogen functional groups attached to an aromatic ring is 1. The first-order valence-corrected chi connectivity index (χ1v) is 9.76. The number of anilines is 1. The predicted octanol–water partition coefficient (Wildman–Crippen LogP) is 0.169. The number of hydrogen-bond donors (Lipinski definition) is 3. The Morgan fingerprint density at radius 2 is 2.07 bits per heavy atom. The van der Waals surface area contributed by atoms with Gasteiger partial charge in [-0.15, -0.1) is 0 Å². The quantitative estimate of drug-likeness (QED) is 0.435. The molecule has 27 heavy (non-hydrogen) atoms. The zero-order valence-electron chi connectivity index (χ0n) is 15.0. The van der Waals surface area contributed by atoms with Gasteiger partial charge in [0.1, 0.15) is 24.1 Å². The van der Waals surface area contributed by atoms with E-state index in [1.807, 2.05) is 0 Å². The summed E-state index contributed by atoms with van der Waals surface area (Å²) in [7, 11) is -4.69. The highest BCUT2D eigenvalue weighted by molar-refractivity contribution is 7.46. The van der Waals surface area contributed by atoms with E-state index in [1.165, 1.54) is 10.9 Å². The molecule has 0 saturated carbocycles. The Morgan fingerprint density at radius 3 is 2.70 bits per heavy atom. The number of phosphoric acid groups is 1. The zero-order chi connectivity index (χ0) is 20.0. The van der Waals surface area contributed by atoms with Crippen LogP contribution in [0.5, 0.6) is 0 Å². The Balaban J connectivity index is 1.85. The van der Waals surface area contributed by atoms with Crippen LogP contribution in [0.4, 0.5) is 5.82 Å². The maximum Gasteiger partial charge on any atom is 0.469 e. The second-order valence-electron chi connectivity index (χ2n) is 6.52. The summed E-state index contributed by atoms with van der Waals surface area (Å²) in [4.78, 5) is 33.8. The maximum atomic E-state index is 11.9. The number of aromatic nitrogens is 2. The maximum absolute atomic E-state index is 11.9. The van der Waals surface area contributed by atoms with Gasteiger partial charge in [0.15, 0.2) is 17.7 Å². The van der Waals surface area contributed by atoms with Crippen LogP contribution in [-0.4, -0.2) is 62.6 Å². The molecule has 0 amide bonds. The first-order valence-electron chi connectivity index (χ1n) is 8.23. The number of imidazole rings is 1. The summed E-state index contributed by atoms with van der Waals surface area (Å²) in [6, 6.07) is 0. The van der Waals surface area contributed by atoms with Crippen molar-refractivity contribution in [1.29, 1.82) is 0 Å². The van der Waals surface area contributed by atoms with Crippen molar-refractivity contribution >= 4 is 19.6 Å². The van der Waals surface area contributed by atoms with E-state index in [0.29, 0.717) is 0 Å². The van der Waals surface area contributed by atoms with Crippen LogP contribution in [0.1, 0.15) is 37.5 Å². The molecule has 1 aromatic rings. The second kappa shape index (κ2) is 7.13. The van der Waals surface area contributed by atoms with Crippen LogP contribution in [-0.2, 0) is 28.0 Å². The standard InChI is InChI=1S/C14H22N3O9P/c1-4-22-13(18)8-11(15)17(6-16-8)12-10-9(25-14(2,3)26-10)7(24-12)5-23-27(19,20)21/h6-7,9-10,12H,4-5,15H2,1-3H3,(H2,19,20,21)/t7-,9?,10?,12-/m1/s1. The van der Waals surface area contributed by atoms with E-state index in [0.717, 1.165) is 0 Å². The van der Waals surface area contributed by atoms with E-state index >= 15 is 0 Å². The fourth-order valence-electron chi connectivity index (χ4n) is 3.12. The van der Waals surface area contributed by atoms with Crippen molar-refractivity contribution in [1.82, 2.24) is 9.55 Å². The Morgan fingerprint density at radius 1 is 1.41 bits per heavy atom. The summed E-state index contributed by atoms with van der Waals surface area (Å²) in [6.07, 6.45) is -1.68. The van der Waals surface area contributed by atoms with E-state index in [4.69, 9.17) is 34.5 Å². The van der Waals surface area contributed by atoms with Gasteiger partial charge < -0.3 is 34.5 Å². The lowest BCUT2D eigenvalue weighted by Gasteiger charge is -2.25. The molecule has 2 fully saturated rings. The van der Waals surface area contributed by atoms with Crippen molar-refractivity contribution in [3.8, 4) is 0 Å². The molecule has 12 nitrogen and oxygen atoms in total. The van der Waals surface area contributed by atoms with Gasteiger partial charge in [0.05, 0.1) is 19.5 Å². The molecule has 0 aromatic carbocycles. The Bertz CT molecular complexity index is 761. The third-order valence-electron chi connectivity index (χ3n) is 4.11. The SMILES string of the molecule is CCOC(=O)c1ncn([C@@H]2O[C@H](COP(=O)(O)O)C3OC(C)(C)OC32)c1N. The number of ether oxygens (including phenoxy) is 4. The molecule has 2 aliphatic heterocycles. The van der Waals surface area contributed by atoms with E-state index < -0.39 is 50.7 Å². The lowest BCUT2D eigenvalue weighted by atomic mass is 10.1. The lowest BCUT2D eigenvalue weighted by molar-refractivity contribution is -0.199. The molecule has 0 radical (unpaired) electrons. The number of nitrogens with two attached hydrogens (primary N) is 1. The number of carbonyl (C=O) groups excluding carboxylic acids is 1. The number of hydrogen-bond acceptors (Lipinski definition) is 9. The summed E-state index contributed by atoms with van der Waals surface area (Å²) in [5, 5.41) is 0. The number of carbonyl (C=O) groups is 1. The number of rotatable bonds is 6.